The number of hydrogen-bond acceptors (Lipinski definition) is 5. The van der Waals surface area contributed by atoms with E-state index in [9.17, 15) is 14.4 Å². The van der Waals surface area contributed by atoms with Gasteiger partial charge in [0.1, 0.15) is 11.4 Å². The quantitative estimate of drug-likeness (QED) is 0.570. The van der Waals surface area contributed by atoms with E-state index in [1.54, 1.807) is 61.4 Å². The van der Waals surface area contributed by atoms with Gasteiger partial charge in [0, 0.05) is 11.5 Å². The van der Waals surface area contributed by atoms with Crippen molar-refractivity contribution < 1.29 is 23.9 Å². The number of benzene rings is 1. The number of hydrogen-bond donors (Lipinski definition) is 0. The number of imide groups is 3. The molecule has 0 bridgehead atoms. The highest BCUT2D eigenvalue weighted by Crippen LogP contribution is 2.65. The van der Waals surface area contributed by atoms with Crippen LogP contribution in [0.25, 0.3) is 0 Å². The molecule has 1 aromatic rings. The van der Waals surface area contributed by atoms with Gasteiger partial charge in [-0.1, -0.05) is 24.3 Å². The molecule has 1 spiro atoms. The topological polar surface area (TPSA) is 76.1 Å². The minimum absolute atomic E-state index is 0.236. The van der Waals surface area contributed by atoms with Crippen molar-refractivity contribution in [3.63, 3.8) is 0 Å². The fourth-order valence-corrected chi connectivity index (χ4v) is 5.49. The molecule has 2 aliphatic carbocycles. The number of carbonyl (C=O) groups is 3. The van der Waals surface area contributed by atoms with Crippen molar-refractivity contribution in [3.05, 3.63) is 72.5 Å². The molecule has 4 amide bonds. The monoisotopic (exact) mass is 406 g/mol. The molecular weight excluding hydrogens is 384 g/mol. The van der Waals surface area contributed by atoms with Crippen molar-refractivity contribution in [3.8, 4) is 0 Å². The van der Waals surface area contributed by atoms with Crippen LogP contribution in [0.2, 0.25) is 0 Å². The summed E-state index contributed by atoms with van der Waals surface area (Å²) in [5, 5.41) is 0. The average Bonchev–Trinajstić information content (AvgIpc) is 2.77. The first kappa shape index (κ1) is 18.8. The van der Waals surface area contributed by atoms with E-state index >= 15 is 0 Å². The summed E-state index contributed by atoms with van der Waals surface area (Å²) >= 11 is 0. The Hall–Kier alpha value is -3.19. The van der Waals surface area contributed by atoms with Gasteiger partial charge in [-0.3, -0.25) is 9.59 Å². The molecule has 0 radical (unpaired) electrons. The van der Waals surface area contributed by atoms with Gasteiger partial charge >= 0.3 is 6.03 Å². The molecule has 5 atom stereocenters. The van der Waals surface area contributed by atoms with Crippen LogP contribution in [-0.4, -0.2) is 59.0 Å². The van der Waals surface area contributed by atoms with Gasteiger partial charge in [-0.25, -0.2) is 4.79 Å². The molecule has 7 nitrogen and oxygen atoms in total. The number of nitrogens with zero attached hydrogens (tertiary/aromatic N) is 2. The van der Waals surface area contributed by atoms with Crippen LogP contribution in [0.5, 0.6) is 0 Å². The van der Waals surface area contributed by atoms with E-state index in [0.29, 0.717) is 5.76 Å². The molecule has 4 aliphatic rings. The van der Waals surface area contributed by atoms with Gasteiger partial charge in [0.15, 0.2) is 0 Å². The van der Waals surface area contributed by atoms with Crippen LogP contribution in [0, 0.1) is 11.3 Å². The molecule has 1 unspecified atom stereocenters. The number of methoxy groups -OCH3 is 1. The predicted octanol–water partition coefficient (Wildman–Crippen LogP) is 2.52. The number of carbonyl (C=O) groups excluding carboxylic acids is 3. The lowest BCUT2D eigenvalue weighted by atomic mass is 9.44. The van der Waals surface area contributed by atoms with E-state index in [1.165, 1.54) is 0 Å². The summed E-state index contributed by atoms with van der Waals surface area (Å²) in [7, 11) is 1.56. The van der Waals surface area contributed by atoms with Crippen LogP contribution >= 0.6 is 0 Å². The van der Waals surface area contributed by atoms with Crippen LogP contribution in [0.3, 0.4) is 0 Å². The van der Waals surface area contributed by atoms with E-state index in [0.717, 1.165) is 4.90 Å². The van der Waals surface area contributed by atoms with Crippen LogP contribution in [0.4, 0.5) is 4.79 Å². The van der Waals surface area contributed by atoms with E-state index in [2.05, 4.69) is 6.58 Å². The van der Waals surface area contributed by atoms with Gasteiger partial charge < -0.3 is 14.4 Å². The molecule has 3 fully saturated rings. The Morgan fingerprint density at radius 3 is 2.70 bits per heavy atom. The molecule has 2 aliphatic heterocycles. The zero-order valence-corrected chi connectivity index (χ0v) is 16.8. The first-order chi connectivity index (χ1) is 14.4. The SMILES string of the molecule is C=CC1CO[C@@]23C=CC(OC)=C[C@@H]2[C@@]2(C)C(=O)N(C(=O)c4ccccc4)C(=O)N1[C@@H]32. The summed E-state index contributed by atoms with van der Waals surface area (Å²) in [5.74, 6) is -0.885. The summed E-state index contributed by atoms with van der Waals surface area (Å²) in [4.78, 5) is 42.8. The molecule has 1 saturated carbocycles. The Labute approximate surface area is 174 Å². The Balaban J connectivity index is 1.65. The molecule has 0 aromatic heterocycles. The third-order valence-electron chi connectivity index (χ3n) is 6.91. The number of urea groups is 1. The number of ether oxygens (including phenoxy) is 2. The Bertz CT molecular complexity index is 1030. The van der Waals surface area contributed by atoms with Crippen molar-refractivity contribution >= 4 is 17.8 Å². The molecule has 7 heteroatoms. The van der Waals surface area contributed by atoms with Gasteiger partial charge in [-0.2, -0.15) is 4.90 Å². The van der Waals surface area contributed by atoms with E-state index in [4.69, 9.17) is 9.47 Å². The summed E-state index contributed by atoms with van der Waals surface area (Å²) in [6.45, 7) is 5.87. The van der Waals surface area contributed by atoms with Crippen LogP contribution in [0.15, 0.2) is 67.0 Å². The normalized spacial score (nSPS) is 36.3. The third kappa shape index (κ3) is 2.05. The molecule has 2 saturated heterocycles. The van der Waals surface area contributed by atoms with Crippen LogP contribution in [0.1, 0.15) is 17.3 Å². The summed E-state index contributed by atoms with van der Waals surface area (Å²) in [5.41, 5.74) is -1.56. The van der Waals surface area contributed by atoms with Crippen molar-refractivity contribution in [1.82, 2.24) is 9.80 Å². The maximum Gasteiger partial charge on any atom is 0.334 e. The van der Waals surface area contributed by atoms with Crippen molar-refractivity contribution in [2.24, 2.45) is 11.3 Å². The summed E-state index contributed by atoms with van der Waals surface area (Å²) in [6.07, 6.45) is 7.17. The second-order valence-corrected chi connectivity index (χ2v) is 8.24. The number of morpholine rings is 1. The zero-order valence-electron chi connectivity index (χ0n) is 16.8. The number of allylic oxidation sites excluding steroid dienone is 1. The van der Waals surface area contributed by atoms with Gasteiger partial charge in [-0.05, 0) is 37.3 Å². The standard InChI is InChI=1S/C23H22N2O5/c1-4-15-13-30-23-11-10-16(29-3)12-17(23)22(2)19(23)24(15)21(28)25(20(22)27)18(26)14-8-6-5-7-9-14/h4-12,15,17,19H,1,13H2,2-3H3/t15?,17-,19-,22-,23+/m1/s1. The van der Waals surface area contributed by atoms with Gasteiger partial charge in [0.25, 0.3) is 5.91 Å². The Morgan fingerprint density at radius 2 is 2.03 bits per heavy atom. The number of fused-ring (bicyclic) bond motifs is 1. The Kier molecular flexibility index (Phi) is 3.86. The molecule has 1 aromatic carbocycles. The minimum atomic E-state index is -1.03. The highest BCUT2D eigenvalue weighted by molar-refractivity contribution is 6.19. The first-order valence-corrected chi connectivity index (χ1v) is 9.88. The van der Waals surface area contributed by atoms with Crippen LogP contribution < -0.4 is 0 Å². The highest BCUT2D eigenvalue weighted by atomic mass is 16.5. The summed E-state index contributed by atoms with van der Waals surface area (Å²) < 4.78 is 11.6. The highest BCUT2D eigenvalue weighted by Gasteiger charge is 2.79. The van der Waals surface area contributed by atoms with Gasteiger partial charge in [-0.15, -0.1) is 6.58 Å². The molecule has 2 heterocycles. The summed E-state index contributed by atoms with van der Waals surface area (Å²) in [6, 6.07) is 6.77. The second kappa shape index (κ2) is 6.15. The number of rotatable bonds is 3. The fraction of sp³-hybridized carbons (Fsp3) is 0.348. The molecule has 0 N–H and O–H groups in total. The van der Waals surface area contributed by atoms with E-state index < -0.39 is 40.9 Å². The third-order valence-corrected chi connectivity index (χ3v) is 6.91. The molecule has 154 valence electrons. The molecule has 30 heavy (non-hydrogen) atoms. The van der Waals surface area contributed by atoms with Crippen molar-refractivity contribution in [1.29, 1.82) is 0 Å². The Morgan fingerprint density at radius 1 is 1.30 bits per heavy atom. The maximum atomic E-state index is 13.7. The lowest BCUT2D eigenvalue weighted by molar-refractivity contribution is -0.270. The predicted molar refractivity (Wildman–Crippen MR) is 107 cm³/mol. The van der Waals surface area contributed by atoms with Crippen molar-refractivity contribution in [2.45, 2.75) is 24.6 Å². The lowest BCUT2D eigenvalue weighted by Gasteiger charge is -2.72. The number of amides is 4. The van der Waals surface area contributed by atoms with E-state index in [1.807, 2.05) is 12.2 Å². The van der Waals surface area contributed by atoms with E-state index in [-0.39, 0.29) is 18.1 Å². The minimum Gasteiger partial charge on any atom is -0.497 e. The fourth-order valence-electron chi connectivity index (χ4n) is 5.49. The lowest BCUT2D eigenvalue weighted by Crippen LogP contribution is -2.88. The molecule has 5 rings (SSSR count). The molecular formula is C23H22N2O5. The average molecular weight is 406 g/mol. The second-order valence-electron chi connectivity index (χ2n) is 8.24. The largest absolute Gasteiger partial charge is 0.497 e. The van der Waals surface area contributed by atoms with Crippen molar-refractivity contribution in [2.75, 3.05) is 13.7 Å². The van der Waals surface area contributed by atoms with Gasteiger partial charge in [0.05, 0.1) is 31.2 Å². The van der Waals surface area contributed by atoms with Gasteiger partial charge in [0.2, 0.25) is 5.91 Å². The maximum absolute atomic E-state index is 13.7. The zero-order chi connectivity index (χ0) is 21.3. The smallest absolute Gasteiger partial charge is 0.334 e. The first-order valence-electron chi connectivity index (χ1n) is 9.88. The van der Waals surface area contributed by atoms with Crippen LogP contribution in [-0.2, 0) is 14.3 Å².